The van der Waals surface area contributed by atoms with Crippen LogP contribution in [0, 0.1) is 5.92 Å². The fraction of sp³-hybridized carbons (Fsp3) is 0.500. The van der Waals surface area contributed by atoms with Crippen molar-refractivity contribution in [1.82, 2.24) is 36.8 Å². The Morgan fingerprint density at radius 3 is 0.977 bits per heavy atom. The minimum atomic E-state index is 0.619. The van der Waals surface area contributed by atoms with Crippen LogP contribution in [0.5, 0.6) is 0 Å². The summed E-state index contributed by atoms with van der Waals surface area (Å²) in [6, 6.07) is 27.3. The normalized spacial score (nSPS) is 22.6. The number of benzene rings is 3. The summed E-state index contributed by atoms with van der Waals surface area (Å²) in [6.45, 7) is 14.6. The molecule has 232 valence electrons. The summed E-state index contributed by atoms with van der Waals surface area (Å²) in [6.07, 6.45) is 2.33. The van der Waals surface area contributed by atoms with Gasteiger partial charge in [-0.2, -0.15) is 0 Å². The fourth-order valence-electron chi connectivity index (χ4n) is 5.92. The Bertz CT molecular complexity index is 1100. The molecule has 8 aliphatic rings. The van der Waals surface area contributed by atoms with Crippen LogP contribution in [0.2, 0.25) is 0 Å². The van der Waals surface area contributed by atoms with Crippen LogP contribution in [0.25, 0.3) is 0 Å². The average molecular weight is 584 g/mol. The highest BCUT2D eigenvalue weighted by Crippen LogP contribution is 2.11. The second-order valence-electron chi connectivity index (χ2n) is 12.2. The Morgan fingerprint density at radius 1 is 0.372 bits per heavy atom. The third-order valence-corrected chi connectivity index (χ3v) is 8.75. The molecule has 43 heavy (non-hydrogen) atoms. The average Bonchev–Trinajstić information content (AvgIpc) is 3.04. The van der Waals surface area contributed by atoms with Crippen molar-refractivity contribution in [3.63, 3.8) is 0 Å². The van der Waals surface area contributed by atoms with Gasteiger partial charge >= 0.3 is 0 Å². The number of hydrogen-bond acceptors (Lipinski definition) is 7. The molecule has 0 saturated carbocycles. The van der Waals surface area contributed by atoms with Gasteiger partial charge in [0.2, 0.25) is 0 Å². The van der Waals surface area contributed by atoms with Gasteiger partial charge < -0.3 is 31.9 Å². The molecule has 0 fully saturated rings. The zero-order chi connectivity index (χ0) is 29.4. The molecule has 0 radical (unpaired) electrons. The second-order valence-corrected chi connectivity index (χ2v) is 12.2. The van der Waals surface area contributed by atoms with Crippen LogP contribution < -0.4 is 31.9 Å². The van der Waals surface area contributed by atoms with Crippen LogP contribution in [0.1, 0.15) is 46.2 Å². The first-order chi connectivity index (χ1) is 21.3. The smallest absolute Gasteiger partial charge is 0.0206 e. The van der Waals surface area contributed by atoms with Gasteiger partial charge in [-0.05, 0) is 71.8 Å². The molecule has 0 amide bonds. The molecule has 8 aliphatic heterocycles. The van der Waals surface area contributed by atoms with E-state index in [2.05, 4.69) is 110 Å². The van der Waals surface area contributed by atoms with E-state index < -0.39 is 0 Å². The SMILES string of the molecule is c1cc2ccc1CNCCC1CCNCc3ccc(cc3)CNCCN(CCNC2)CCNCc2ccc(cc2)CNC1. The lowest BCUT2D eigenvalue weighted by Gasteiger charge is -2.23. The van der Waals surface area contributed by atoms with Gasteiger partial charge in [-0.3, -0.25) is 4.90 Å². The first-order valence-corrected chi connectivity index (χ1v) is 16.5. The van der Waals surface area contributed by atoms with Crippen LogP contribution in [0.3, 0.4) is 0 Å². The summed E-state index contributed by atoms with van der Waals surface area (Å²) in [5, 5.41) is 22.2. The molecular formula is C36H53N7. The molecule has 8 heterocycles. The fourth-order valence-corrected chi connectivity index (χ4v) is 5.92. The van der Waals surface area contributed by atoms with Crippen molar-refractivity contribution < 1.29 is 0 Å². The van der Waals surface area contributed by atoms with Crippen LogP contribution >= 0.6 is 0 Å². The van der Waals surface area contributed by atoms with E-state index in [-0.39, 0.29) is 0 Å². The van der Waals surface area contributed by atoms with Gasteiger partial charge in [0.1, 0.15) is 0 Å². The maximum Gasteiger partial charge on any atom is 0.0206 e. The van der Waals surface area contributed by atoms with E-state index in [9.17, 15) is 0 Å². The molecule has 0 aromatic heterocycles. The minimum Gasteiger partial charge on any atom is -0.313 e. The monoisotopic (exact) mass is 583 g/mol. The third kappa shape index (κ3) is 11.8. The van der Waals surface area contributed by atoms with Crippen LogP contribution in [-0.4, -0.2) is 63.8 Å². The summed E-state index contributed by atoms with van der Waals surface area (Å²) >= 11 is 0. The minimum absolute atomic E-state index is 0.619. The van der Waals surface area contributed by atoms with Crippen molar-refractivity contribution in [3.05, 3.63) is 106 Å². The maximum atomic E-state index is 3.76. The number of nitrogens with one attached hydrogen (secondary N) is 6. The molecule has 3 aromatic rings. The van der Waals surface area contributed by atoms with Gasteiger partial charge in [0.05, 0.1) is 0 Å². The zero-order valence-corrected chi connectivity index (χ0v) is 26.0. The molecule has 0 unspecified atom stereocenters. The highest BCUT2D eigenvalue weighted by Gasteiger charge is 2.10. The van der Waals surface area contributed by atoms with Crippen LogP contribution in [0.15, 0.2) is 72.8 Å². The largest absolute Gasteiger partial charge is 0.313 e. The Labute approximate surface area is 259 Å². The van der Waals surface area contributed by atoms with Crippen molar-refractivity contribution in [2.75, 3.05) is 58.9 Å². The molecule has 11 rings (SSSR count). The lowest BCUT2D eigenvalue weighted by Crippen LogP contribution is -2.40. The highest BCUT2D eigenvalue weighted by molar-refractivity contribution is 5.24. The first kappa shape index (κ1) is 31.8. The highest BCUT2D eigenvalue weighted by atomic mass is 15.2. The van der Waals surface area contributed by atoms with E-state index in [1.807, 2.05) is 0 Å². The van der Waals surface area contributed by atoms with Gasteiger partial charge in [-0.25, -0.2) is 0 Å². The van der Waals surface area contributed by atoms with Gasteiger partial charge in [-0.15, -0.1) is 0 Å². The lowest BCUT2D eigenvalue weighted by molar-refractivity contribution is 0.271. The summed E-state index contributed by atoms with van der Waals surface area (Å²) in [5.74, 6) is 0.619. The van der Waals surface area contributed by atoms with Crippen molar-refractivity contribution in [3.8, 4) is 0 Å². The standard InChI is InChI=1S/C36H53N7/c1-5-32-6-2-30(1)23-37-15-13-36-14-16-38-24-31-3-7-33(8-4-31)26-40-18-21-43(20-17-39-25-32)22-19-41-27-34-9-11-35(12-10-34)28-42-29-36/h1-12,36-42H,13-29H2. The van der Waals surface area contributed by atoms with Crippen molar-refractivity contribution in [1.29, 1.82) is 0 Å². The Morgan fingerprint density at radius 2 is 0.651 bits per heavy atom. The number of rotatable bonds is 0. The zero-order valence-electron chi connectivity index (χ0n) is 26.0. The topological polar surface area (TPSA) is 75.4 Å². The predicted molar refractivity (Wildman–Crippen MR) is 179 cm³/mol. The maximum absolute atomic E-state index is 3.76. The molecule has 0 aliphatic carbocycles. The molecular weight excluding hydrogens is 530 g/mol. The molecule has 7 nitrogen and oxygen atoms in total. The van der Waals surface area contributed by atoms with Gasteiger partial charge in [-0.1, -0.05) is 72.8 Å². The van der Waals surface area contributed by atoms with Crippen LogP contribution in [0.4, 0.5) is 0 Å². The Kier molecular flexibility index (Phi) is 13.5. The molecule has 0 spiro atoms. The van der Waals surface area contributed by atoms with E-state index in [1.165, 1.54) is 46.2 Å². The van der Waals surface area contributed by atoms with Gasteiger partial charge in [0, 0.05) is 78.5 Å². The Balaban J connectivity index is 1.29. The van der Waals surface area contributed by atoms with Crippen molar-refractivity contribution in [2.45, 2.75) is 52.1 Å². The van der Waals surface area contributed by atoms with E-state index in [1.54, 1.807) is 0 Å². The molecule has 0 atom stereocenters. The third-order valence-electron chi connectivity index (χ3n) is 8.75. The quantitative estimate of drug-likeness (QED) is 0.243. The number of hydrogen-bond donors (Lipinski definition) is 6. The molecule has 3 aromatic carbocycles. The van der Waals surface area contributed by atoms with E-state index in [0.717, 1.165) is 98.2 Å². The predicted octanol–water partition coefficient (Wildman–Crippen LogP) is 3.35. The summed E-state index contributed by atoms with van der Waals surface area (Å²) in [5.41, 5.74) is 8.11. The molecule has 7 heteroatoms. The molecule has 8 bridgehead atoms. The Hall–Kier alpha value is -2.62. The van der Waals surface area contributed by atoms with E-state index in [0.29, 0.717) is 5.92 Å². The molecule has 0 saturated heterocycles. The van der Waals surface area contributed by atoms with Crippen molar-refractivity contribution in [2.24, 2.45) is 5.92 Å². The van der Waals surface area contributed by atoms with Gasteiger partial charge in [0.25, 0.3) is 0 Å². The molecule has 6 N–H and O–H groups in total. The van der Waals surface area contributed by atoms with Crippen molar-refractivity contribution >= 4 is 0 Å². The van der Waals surface area contributed by atoms with E-state index >= 15 is 0 Å². The summed E-state index contributed by atoms with van der Waals surface area (Å²) in [7, 11) is 0. The van der Waals surface area contributed by atoms with E-state index in [4.69, 9.17) is 0 Å². The lowest BCUT2D eigenvalue weighted by atomic mass is 10.0. The van der Waals surface area contributed by atoms with Gasteiger partial charge in [0.15, 0.2) is 0 Å². The summed E-state index contributed by atoms with van der Waals surface area (Å²) in [4.78, 5) is 2.57. The number of nitrogens with zero attached hydrogens (tertiary/aromatic N) is 1. The second kappa shape index (κ2) is 18.2. The summed E-state index contributed by atoms with van der Waals surface area (Å²) < 4.78 is 0. The van der Waals surface area contributed by atoms with Crippen LogP contribution in [-0.2, 0) is 39.3 Å². The first-order valence-electron chi connectivity index (χ1n) is 16.5.